The molecule has 6 heteroatoms. The lowest BCUT2D eigenvalue weighted by Gasteiger charge is -2.49. The third-order valence-electron chi connectivity index (χ3n) is 5.50. The van der Waals surface area contributed by atoms with Crippen molar-refractivity contribution in [2.24, 2.45) is 0 Å². The molecule has 2 unspecified atom stereocenters. The van der Waals surface area contributed by atoms with Gasteiger partial charge in [-0.3, -0.25) is 9.69 Å². The topological polar surface area (TPSA) is 72.9 Å². The molecule has 1 aromatic carbocycles. The van der Waals surface area contributed by atoms with Crippen LogP contribution in [0, 0.1) is 0 Å². The van der Waals surface area contributed by atoms with Crippen molar-refractivity contribution in [1.82, 2.24) is 10.2 Å². The van der Waals surface area contributed by atoms with Crippen LogP contribution in [0.3, 0.4) is 0 Å². The Bertz CT molecular complexity index is 692. The fourth-order valence-electron chi connectivity index (χ4n) is 4.11. The van der Waals surface area contributed by atoms with Gasteiger partial charge in [-0.05, 0) is 18.9 Å². The zero-order valence-corrected chi connectivity index (χ0v) is 15.2. The minimum Gasteiger partial charge on any atom is -0.364 e. The maximum absolute atomic E-state index is 13.3. The van der Waals surface area contributed by atoms with Crippen LogP contribution < -0.4 is 10.2 Å². The molecule has 3 rings (SSSR count). The fraction of sp³-hybridized carbons (Fsp3) is 0.579. The summed E-state index contributed by atoms with van der Waals surface area (Å²) in [5, 5.41) is 14.8. The van der Waals surface area contributed by atoms with Crippen molar-refractivity contribution in [1.29, 1.82) is 0 Å². The monoisotopic (exact) mass is 345 g/mol. The molecule has 0 aliphatic carbocycles. The number of anilines is 1. The van der Waals surface area contributed by atoms with Crippen molar-refractivity contribution in [3.05, 3.63) is 29.8 Å². The largest absolute Gasteiger partial charge is 0.364 e. The zero-order valence-electron chi connectivity index (χ0n) is 15.2. The molecular formula is C19H27N3O3. The van der Waals surface area contributed by atoms with Crippen LogP contribution in [0.25, 0.3) is 0 Å². The Morgan fingerprint density at radius 1 is 1.12 bits per heavy atom. The molecular weight excluding hydrogens is 318 g/mol. The van der Waals surface area contributed by atoms with E-state index in [1.54, 1.807) is 11.9 Å². The highest BCUT2D eigenvalue weighted by Gasteiger charge is 2.70. The molecule has 0 saturated carbocycles. The maximum atomic E-state index is 13.3. The average molecular weight is 345 g/mol. The number of aliphatic hydroxyl groups is 1. The van der Waals surface area contributed by atoms with E-state index in [0.29, 0.717) is 24.2 Å². The molecule has 136 valence electrons. The van der Waals surface area contributed by atoms with Crippen LogP contribution in [-0.4, -0.2) is 41.1 Å². The van der Waals surface area contributed by atoms with Gasteiger partial charge >= 0.3 is 6.03 Å². The first-order valence-corrected chi connectivity index (χ1v) is 9.13. The molecule has 2 aliphatic rings. The molecule has 6 nitrogen and oxygen atoms in total. The van der Waals surface area contributed by atoms with Crippen molar-refractivity contribution in [3.63, 3.8) is 0 Å². The van der Waals surface area contributed by atoms with E-state index in [4.69, 9.17) is 0 Å². The van der Waals surface area contributed by atoms with Gasteiger partial charge in [0.1, 0.15) is 0 Å². The van der Waals surface area contributed by atoms with E-state index in [0.717, 1.165) is 25.7 Å². The van der Waals surface area contributed by atoms with Gasteiger partial charge in [0.05, 0.1) is 5.69 Å². The molecule has 1 saturated heterocycles. The van der Waals surface area contributed by atoms with E-state index in [1.807, 2.05) is 38.1 Å². The number of nitrogens with zero attached hydrogens (tertiary/aromatic N) is 2. The third kappa shape index (κ3) is 2.27. The highest BCUT2D eigenvalue weighted by Crippen LogP contribution is 2.51. The Balaban J connectivity index is 2.21. The number of benzene rings is 1. The van der Waals surface area contributed by atoms with Crippen molar-refractivity contribution in [2.45, 2.75) is 57.2 Å². The number of unbranched alkanes of at least 4 members (excludes halogenated alkanes) is 2. The number of rotatable bonds is 6. The number of fused-ring (bicyclic) bond motifs is 3. The Morgan fingerprint density at radius 2 is 1.80 bits per heavy atom. The van der Waals surface area contributed by atoms with Gasteiger partial charge in [-0.1, -0.05) is 51.3 Å². The summed E-state index contributed by atoms with van der Waals surface area (Å²) in [4.78, 5) is 29.1. The van der Waals surface area contributed by atoms with Crippen LogP contribution in [0.2, 0.25) is 0 Å². The number of carbonyl (C=O) groups excluding carboxylic acids is 2. The molecule has 0 radical (unpaired) electrons. The number of likely N-dealkylation sites (N-methyl/N-ethyl adjacent to an activating group) is 1. The summed E-state index contributed by atoms with van der Waals surface area (Å²) in [5.41, 5.74) is -1.73. The summed E-state index contributed by atoms with van der Waals surface area (Å²) >= 11 is 0. The van der Waals surface area contributed by atoms with Crippen LogP contribution in [0.15, 0.2) is 24.3 Å². The second kappa shape index (κ2) is 6.33. The molecule has 0 bridgehead atoms. The summed E-state index contributed by atoms with van der Waals surface area (Å²) in [6.07, 6.45) is 3.70. The van der Waals surface area contributed by atoms with Crippen LogP contribution in [0.1, 0.15) is 51.5 Å². The lowest BCUT2D eigenvalue weighted by Crippen LogP contribution is -2.69. The van der Waals surface area contributed by atoms with E-state index in [9.17, 15) is 14.7 Å². The van der Waals surface area contributed by atoms with Crippen molar-refractivity contribution in [3.8, 4) is 0 Å². The van der Waals surface area contributed by atoms with Gasteiger partial charge in [-0.2, -0.15) is 0 Å². The molecule has 0 spiro atoms. The number of carbonyl (C=O) groups is 2. The Labute approximate surface area is 148 Å². The predicted molar refractivity (Wildman–Crippen MR) is 96.2 cm³/mol. The van der Waals surface area contributed by atoms with Crippen molar-refractivity contribution < 1.29 is 14.7 Å². The number of para-hydroxylation sites is 1. The number of urea groups is 1. The Kier molecular flexibility index (Phi) is 4.49. The normalized spacial score (nSPS) is 28.0. The lowest BCUT2D eigenvalue weighted by atomic mass is 9.73. The number of hydrogen-bond donors (Lipinski definition) is 2. The molecule has 2 aliphatic heterocycles. The van der Waals surface area contributed by atoms with Crippen LogP contribution in [-0.2, 0) is 10.5 Å². The van der Waals surface area contributed by atoms with Crippen LogP contribution in [0.4, 0.5) is 10.5 Å². The summed E-state index contributed by atoms with van der Waals surface area (Å²) in [6.45, 7) is 4.49. The molecule has 3 amide bonds. The standard InChI is InChI=1S/C19H27N3O3/c1-4-6-12-18-16(23)21(3)15-11-9-8-10-14(15)19(18,25)22(13-7-5-2)17(24)20-18/h8-11,25H,4-7,12-13H2,1-3H3,(H,20,24). The summed E-state index contributed by atoms with van der Waals surface area (Å²) in [5.74, 6) is -0.255. The molecule has 0 aromatic heterocycles. The SMILES string of the molecule is CCCCN1C(=O)NC2(CCCC)C(=O)N(C)c3ccccc3C12O. The minimum absolute atomic E-state index is 0.255. The van der Waals surface area contributed by atoms with E-state index < -0.39 is 11.3 Å². The average Bonchev–Trinajstić information content (AvgIpc) is 2.85. The first-order chi connectivity index (χ1) is 11.9. The van der Waals surface area contributed by atoms with Crippen molar-refractivity contribution in [2.75, 3.05) is 18.5 Å². The van der Waals surface area contributed by atoms with Gasteiger partial charge in [0.25, 0.3) is 5.91 Å². The van der Waals surface area contributed by atoms with E-state index in [-0.39, 0.29) is 11.9 Å². The summed E-state index contributed by atoms with van der Waals surface area (Å²) in [6, 6.07) is 6.94. The van der Waals surface area contributed by atoms with Gasteiger partial charge in [0, 0.05) is 19.2 Å². The summed E-state index contributed by atoms with van der Waals surface area (Å²) in [7, 11) is 1.70. The first kappa shape index (κ1) is 17.7. The molecule has 25 heavy (non-hydrogen) atoms. The molecule has 1 aromatic rings. The number of hydrogen-bond acceptors (Lipinski definition) is 3. The van der Waals surface area contributed by atoms with Gasteiger partial charge in [0.15, 0.2) is 5.54 Å². The highest BCUT2D eigenvalue weighted by molar-refractivity contribution is 6.08. The maximum Gasteiger partial charge on any atom is 0.321 e. The van der Waals surface area contributed by atoms with E-state index >= 15 is 0 Å². The third-order valence-corrected chi connectivity index (χ3v) is 5.50. The van der Waals surface area contributed by atoms with Crippen LogP contribution in [0.5, 0.6) is 0 Å². The van der Waals surface area contributed by atoms with Crippen LogP contribution >= 0.6 is 0 Å². The molecule has 2 N–H and O–H groups in total. The molecule has 2 atom stereocenters. The lowest BCUT2D eigenvalue weighted by molar-refractivity contribution is -0.157. The first-order valence-electron chi connectivity index (χ1n) is 9.13. The van der Waals surface area contributed by atoms with Gasteiger partial charge in [-0.15, -0.1) is 0 Å². The number of nitrogens with one attached hydrogen (secondary N) is 1. The second-order valence-electron chi connectivity index (χ2n) is 7.00. The second-order valence-corrected chi connectivity index (χ2v) is 7.00. The smallest absolute Gasteiger partial charge is 0.321 e. The minimum atomic E-state index is -1.66. The van der Waals surface area contributed by atoms with Gasteiger partial charge in [0.2, 0.25) is 5.72 Å². The van der Waals surface area contributed by atoms with E-state index in [1.165, 1.54) is 4.90 Å². The molecule has 2 heterocycles. The number of amides is 3. The quantitative estimate of drug-likeness (QED) is 0.832. The Hall–Kier alpha value is -2.08. The Morgan fingerprint density at radius 3 is 2.48 bits per heavy atom. The molecule has 1 fully saturated rings. The van der Waals surface area contributed by atoms with E-state index in [2.05, 4.69) is 5.32 Å². The van der Waals surface area contributed by atoms with Gasteiger partial charge < -0.3 is 15.3 Å². The predicted octanol–water partition coefficient (Wildman–Crippen LogP) is 2.56. The van der Waals surface area contributed by atoms with Crippen molar-refractivity contribution >= 4 is 17.6 Å². The fourth-order valence-corrected chi connectivity index (χ4v) is 4.11. The van der Waals surface area contributed by atoms with Gasteiger partial charge in [-0.25, -0.2) is 4.79 Å². The zero-order chi connectivity index (χ0) is 18.2. The highest BCUT2D eigenvalue weighted by atomic mass is 16.3. The summed E-state index contributed by atoms with van der Waals surface area (Å²) < 4.78 is 0.